The average Bonchev–Trinajstić information content (AvgIpc) is 2.43. The predicted octanol–water partition coefficient (Wildman–Crippen LogP) is 2.08. The molecule has 2 amide bonds. The minimum absolute atomic E-state index is 0.0149. The van der Waals surface area contributed by atoms with E-state index in [0.29, 0.717) is 19.7 Å². The first kappa shape index (κ1) is 15.5. The van der Waals surface area contributed by atoms with Crippen LogP contribution in [0.1, 0.15) is 25.8 Å². The number of nitrogens with one attached hydrogen (secondary N) is 2. The van der Waals surface area contributed by atoms with E-state index in [2.05, 4.69) is 17.6 Å². The van der Waals surface area contributed by atoms with Crippen molar-refractivity contribution in [2.24, 2.45) is 5.73 Å². The third-order valence-electron chi connectivity index (χ3n) is 2.58. The van der Waals surface area contributed by atoms with Gasteiger partial charge in [0, 0.05) is 25.4 Å². The van der Waals surface area contributed by atoms with Crippen molar-refractivity contribution in [3.05, 3.63) is 29.8 Å². The van der Waals surface area contributed by atoms with Gasteiger partial charge in [-0.05, 0) is 31.0 Å². The Labute approximate surface area is 114 Å². The second kappa shape index (κ2) is 8.50. The highest BCUT2D eigenvalue weighted by Gasteiger charge is 2.05. The van der Waals surface area contributed by atoms with E-state index < -0.39 is 0 Å². The van der Waals surface area contributed by atoms with Crippen LogP contribution in [-0.4, -0.2) is 25.3 Å². The molecule has 0 bridgehead atoms. The van der Waals surface area contributed by atoms with E-state index in [1.165, 1.54) is 0 Å². The summed E-state index contributed by atoms with van der Waals surface area (Å²) in [5.41, 5.74) is 7.27. The van der Waals surface area contributed by atoms with Gasteiger partial charge in [0.1, 0.15) is 0 Å². The Balaban J connectivity index is 2.34. The van der Waals surface area contributed by atoms with Crippen molar-refractivity contribution in [2.75, 3.05) is 18.5 Å². The molecule has 4 N–H and O–H groups in total. The second-order valence-corrected chi connectivity index (χ2v) is 4.42. The van der Waals surface area contributed by atoms with Crippen LogP contribution < -0.4 is 16.4 Å². The number of carbonyl (C=O) groups is 1. The zero-order valence-corrected chi connectivity index (χ0v) is 11.6. The average molecular weight is 265 g/mol. The normalized spacial score (nSPS) is 11.9. The van der Waals surface area contributed by atoms with E-state index in [-0.39, 0.29) is 12.1 Å². The fourth-order valence-corrected chi connectivity index (χ4v) is 1.57. The summed E-state index contributed by atoms with van der Waals surface area (Å²) in [7, 11) is 0. The Morgan fingerprint density at radius 3 is 2.95 bits per heavy atom. The van der Waals surface area contributed by atoms with Gasteiger partial charge in [-0.25, -0.2) is 4.79 Å². The molecule has 0 radical (unpaired) electrons. The molecule has 19 heavy (non-hydrogen) atoms. The van der Waals surface area contributed by atoms with Crippen molar-refractivity contribution in [2.45, 2.75) is 32.9 Å². The maximum absolute atomic E-state index is 11.7. The van der Waals surface area contributed by atoms with Crippen LogP contribution in [0.2, 0.25) is 0 Å². The van der Waals surface area contributed by atoms with E-state index in [1.54, 1.807) is 0 Å². The number of carbonyl (C=O) groups excluding carboxylic acids is 1. The predicted molar refractivity (Wildman–Crippen MR) is 77.1 cm³/mol. The van der Waals surface area contributed by atoms with Gasteiger partial charge in [0.15, 0.2) is 0 Å². The Hall–Kier alpha value is -1.59. The van der Waals surface area contributed by atoms with Crippen LogP contribution in [0.25, 0.3) is 0 Å². The van der Waals surface area contributed by atoms with Crippen molar-refractivity contribution in [1.29, 1.82) is 0 Å². The first-order chi connectivity index (χ1) is 9.15. The van der Waals surface area contributed by atoms with Crippen LogP contribution in [0.4, 0.5) is 10.5 Å². The standard InChI is InChI=1S/C14H23N3O2/c1-3-7-19-11(2)10-16-14(18)17-13-6-4-5-12(8-13)9-15/h4-6,8,11H,3,7,9-10,15H2,1-2H3,(H2,16,17,18). The zero-order valence-electron chi connectivity index (χ0n) is 11.6. The number of amides is 2. The molecule has 1 aromatic rings. The number of benzene rings is 1. The monoisotopic (exact) mass is 265 g/mol. The summed E-state index contributed by atoms with van der Waals surface area (Å²) in [6, 6.07) is 7.24. The topological polar surface area (TPSA) is 76.4 Å². The Morgan fingerprint density at radius 1 is 1.47 bits per heavy atom. The molecule has 5 heteroatoms. The SMILES string of the molecule is CCCOC(C)CNC(=O)Nc1cccc(CN)c1. The maximum Gasteiger partial charge on any atom is 0.319 e. The van der Waals surface area contributed by atoms with Crippen molar-refractivity contribution in [3.63, 3.8) is 0 Å². The van der Waals surface area contributed by atoms with Gasteiger partial charge < -0.3 is 21.1 Å². The smallest absolute Gasteiger partial charge is 0.319 e. The molecule has 0 saturated heterocycles. The molecular formula is C14H23N3O2. The third kappa shape index (κ3) is 6.22. The molecular weight excluding hydrogens is 242 g/mol. The summed E-state index contributed by atoms with van der Waals surface area (Å²) in [5.74, 6) is 0. The van der Waals surface area contributed by atoms with Gasteiger partial charge in [0.05, 0.1) is 6.10 Å². The summed E-state index contributed by atoms with van der Waals surface area (Å²) in [5, 5.41) is 5.54. The van der Waals surface area contributed by atoms with Crippen LogP contribution in [0, 0.1) is 0 Å². The summed E-state index contributed by atoms with van der Waals surface area (Å²) < 4.78 is 5.47. The van der Waals surface area contributed by atoms with Crippen LogP contribution in [-0.2, 0) is 11.3 Å². The lowest BCUT2D eigenvalue weighted by atomic mass is 10.2. The second-order valence-electron chi connectivity index (χ2n) is 4.42. The van der Waals surface area contributed by atoms with E-state index in [9.17, 15) is 4.79 Å². The van der Waals surface area contributed by atoms with Crippen LogP contribution in [0.15, 0.2) is 24.3 Å². The highest BCUT2D eigenvalue weighted by atomic mass is 16.5. The number of anilines is 1. The molecule has 0 aromatic heterocycles. The number of urea groups is 1. The number of ether oxygens (including phenoxy) is 1. The third-order valence-corrected chi connectivity index (χ3v) is 2.58. The van der Waals surface area contributed by atoms with Crippen molar-refractivity contribution in [3.8, 4) is 0 Å². The fraction of sp³-hybridized carbons (Fsp3) is 0.500. The highest BCUT2D eigenvalue weighted by molar-refractivity contribution is 5.89. The quantitative estimate of drug-likeness (QED) is 0.706. The molecule has 0 saturated carbocycles. The number of rotatable bonds is 7. The maximum atomic E-state index is 11.7. The Bertz CT molecular complexity index is 396. The van der Waals surface area contributed by atoms with Gasteiger partial charge in [-0.1, -0.05) is 19.1 Å². The van der Waals surface area contributed by atoms with Crippen molar-refractivity contribution < 1.29 is 9.53 Å². The fourth-order valence-electron chi connectivity index (χ4n) is 1.57. The Morgan fingerprint density at radius 2 is 2.26 bits per heavy atom. The van der Waals surface area contributed by atoms with Gasteiger partial charge in [0.2, 0.25) is 0 Å². The zero-order chi connectivity index (χ0) is 14.1. The van der Waals surface area contributed by atoms with Crippen molar-refractivity contribution >= 4 is 11.7 Å². The van der Waals surface area contributed by atoms with Gasteiger partial charge >= 0.3 is 6.03 Å². The van der Waals surface area contributed by atoms with Crippen LogP contribution in [0.3, 0.4) is 0 Å². The molecule has 106 valence electrons. The minimum atomic E-state index is -0.235. The highest BCUT2D eigenvalue weighted by Crippen LogP contribution is 2.09. The summed E-state index contributed by atoms with van der Waals surface area (Å²) in [4.78, 5) is 11.7. The van der Waals surface area contributed by atoms with Gasteiger partial charge in [-0.3, -0.25) is 0 Å². The molecule has 1 aromatic carbocycles. The molecule has 0 heterocycles. The van der Waals surface area contributed by atoms with E-state index >= 15 is 0 Å². The molecule has 0 spiro atoms. The largest absolute Gasteiger partial charge is 0.377 e. The lowest BCUT2D eigenvalue weighted by molar-refractivity contribution is 0.0682. The Kier molecular flexibility index (Phi) is 6.92. The first-order valence-electron chi connectivity index (χ1n) is 6.61. The molecule has 1 rings (SSSR count). The number of hydrogen-bond acceptors (Lipinski definition) is 3. The van der Waals surface area contributed by atoms with Gasteiger partial charge in [-0.15, -0.1) is 0 Å². The number of hydrogen-bond donors (Lipinski definition) is 3. The van der Waals surface area contributed by atoms with E-state index in [0.717, 1.165) is 17.7 Å². The van der Waals surface area contributed by atoms with Crippen molar-refractivity contribution in [1.82, 2.24) is 5.32 Å². The summed E-state index contributed by atoms with van der Waals surface area (Å²) >= 11 is 0. The summed E-state index contributed by atoms with van der Waals surface area (Å²) in [6.45, 7) is 5.65. The van der Waals surface area contributed by atoms with Gasteiger partial charge in [-0.2, -0.15) is 0 Å². The van der Waals surface area contributed by atoms with Gasteiger partial charge in [0.25, 0.3) is 0 Å². The first-order valence-corrected chi connectivity index (χ1v) is 6.61. The van der Waals surface area contributed by atoms with E-state index in [4.69, 9.17) is 10.5 Å². The molecule has 1 unspecified atom stereocenters. The summed E-state index contributed by atoms with van der Waals surface area (Å²) in [6.07, 6.45) is 0.990. The lowest BCUT2D eigenvalue weighted by Crippen LogP contribution is -2.35. The molecule has 0 aliphatic heterocycles. The van der Waals surface area contributed by atoms with E-state index in [1.807, 2.05) is 31.2 Å². The minimum Gasteiger partial charge on any atom is -0.377 e. The molecule has 0 aliphatic rings. The molecule has 0 fully saturated rings. The molecule has 5 nitrogen and oxygen atoms in total. The van der Waals surface area contributed by atoms with Crippen LogP contribution in [0.5, 0.6) is 0 Å². The van der Waals surface area contributed by atoms with Crippen LogP contribution >= 0.6 is 0 Å². The molecule has 1 atom stereocenters. The lowest BCUT2D eigenvalue weighted by Gasteiger charge is -2.14. The number of nitrogens with two attached hydrogens (primary N) is 1. The molecule has 0 aliphatic carbocycles.